The Balaban J connectivity index is 1.72. The predicted molar refractivity (Wildman–Crippen MR) is 130 cm³/mol. The summed E-state index contributed by atoms with van der Waals surface area (Å²) in [6.07, 6.45) is 1.41. The summed E-state index contributed by atoms with van der Waals surface area (Å²) in [6.45, 7) is 4.95. The average molecular weight is 519 g/mol. The van der Waals surface area contributed by atoms with Gasteiger partial charge >= 0.3 is 12.1 Å². The van der Waals surface area contributed by atoms with Gasteiger partial charge in [-0.1, -0.05) is 13.0 Å². The van der Waals surface area contributed by atoms with Crippen molar-refractivity contribution in [3.63, 3.8) is 0 Å². The Hall–Kier alpha value is -3.47. The molecule has 0 spiro atoms. The van der Waals surface area contributed by atoms with Crippen LogP contribution >= 0.6 is 0 Å². The van der Waals surface area contributed by atoms with E-state index < -0.39 is 41.6 Å². The van der Waals surface area contributed by atoms with Gasteiger partial charge in [0.05, 0.1) is 17.2 Å². The molecule has 0 radical (unpaired) electrons. The van der Waals surface area contributed by atoms with Gasteiger partial charge in [-0.15, -0.1) is 0 Å². The first-order valence-electron chi connectivity index (χ1n) is 12.1. The molecule has 2 heterocycles. The highest BCUT2D eigenvalue weighted by molar-refractivity contribution is 6.04. The van der Waals surface area contributed by atoms with Crippen molar-refractivity contribution < 1.29 is 32.6 Å². The third-order valence-corrected chi connectivity index (χ3v) is 6.75. The fourth-order valence-electron chi connectivity index (χ4n) is 4.61. The Kier molecular flexibility index (Phi) is 7.27. The van der Waals surface area contributed by atoms with Crippen LogP contribution in [0.25, 0.3) is 10.9 Å². The number of alkyl halides is 3. The average Bonchev–Trinajstić information content (AvgIpc) is 3.25. The lowest BCUT2D eigenvalue weighted by atomic mass is 9.87. The summed E-state index contributed by atoms with van der Waals surface area (Å²) in [5.74, 6) is -1.33. The number of carboxylic acids is 1. The van der Waals surface area contributed by atoms with Gasteiger partial charge in [-0.25, -0.2) is 9.78 Å². The van der Waals surface area contributed by atoms with Gasteiger partial charge in [0.15, 0.2) is 0 Å². The second-order valence-corrected chi connectivity index (χ2v) is 10.0. The van der Waals surface area contributed by atoms with Crippen LogP contribution in [0.1, 0.15) is 74.2 Å². The second kappa shape index (κ2) is 10.1. The monoisotopic (exact) mass is 518 g/mol. The van der Waals surface area contributed by atoms with Crippen LogP contribution in [0.5, 0.6) is 0 Å². The summed E-state index contributed by atoms with van der Waals surface area (Å²) in [5, 5.41) is 17.2. The molecule has 11 heteroatoms. The number of benzene rings is 1. The number of rotatable bonds is 7. The van der Waals surface area contributed by atoms with Gasteiger partial charge in [0, 0.05) is 22.8 Å². The van der Waals surface area contributed by atoms with Crippen LogP contribution in [0, 0.1) is 5.92 Å². The van der Waals surface area contributed by atoms with E-state index in [0.717, 1.165) is 43.2 Å². The normalized spacial score (nSPS) is 18.6. The Labute approximate surface area is 211 Å². The minimum atomic E-state index is -4.70. The first-order valence-corrected chi connectivity index (χ1v) is 12.1. The highest BCUT2D eigenvalue weighted by atomic mass is 19.4. The number of ether oxygens (including phenoxy) is 1. The van der Waals surface area contributed by atoms with Crippen molar-refractivity contribution in [1.82, 2.24) is 14.8 Å². The molecule has 2 aromatic heterocycles. The smallest absolute Gasteiger partial charge is 0.433 e. The molecule has 1 aliphatic carbocycles. The van der Waals surface area contributed by atoms with Crippen molar-refractivity contribution in [2.45, 2.75) is 64.3 Å². The molecular weight excluding hydrogens is 489 g/mol. The zero-order valence-electron chi connectivity index (χ0n) is 20.8. The van der Waals surface area contributed by atoms with E-state index in [4.69, 9.17) is 14.9 Å². The number of aromatic nitrogens is 3. The summed E-state index contributed by atoms with van der Waals surface area (Å²) in [7, 11) is 0. The predicted octanol–water partition coefficient (Wildman–Crippen LogP) is 5.79. The summed E-state index contributed by atoms with van der Waals surface area (Å²) >= 11 is 0. The largest absolute Gasteiger partial charge is 0.480 e. The molecule has 37 heavy (non-hydrogen) atoms. The van der Waals surface area contributed by atoms with Crippen LogP contribution in [0.4, 0.5) is 18.9 Å². The van der Waals surface area contributed by atoms with Crippen molar-refractivity contribution >= 4 is 28.5 Å². The Morgan fingerprint density at radius 1 is 1.16 bits per heavy atom. The van der Waals surface area contributed by atoms with E-state index in [0.29, 0.717) is 17.0 Å². The molecule has 1 aromatic carbocycles. The molecule has 1 amide bonds. The highest BCUT2D eigenvalue weighted by Crippen LogP contribution is 2.37. The van der Waals surface area contributed by atoms with Crippen LogP contribution in [-0.4, -0.2) is 38.4 Å². The van der Waals surface area contributed by atoms with Crippen molar-refractivity contribution in [3.05, 3.63) is 53.5 Å². The molecule has 1 saturated carbocycles. The van der Waals surface area contributed by atoms with E-state index in [1.807, 2.05) is 10.9 Å². The second-order valence-electron chi connectivity index (χ2n) is 10.0. The summed E-state index contributed by atoms with van der Waals surface area (Å²) in [4.78, 5) is 27.6. The van der Waals surface area contributed by atoms with Crippen molar-refractivity contribution in [2.24, 2.45) is 5.92 Å². The van der Waals surface area contributed by atoms with E-state index in [-0.39, 0.29) is 11.7 Å². The molecule has 198 valence electrons. The van der Waals surface area contributed by atoms with Crippen LogP contribution in [0.2, 0.25) is 0 Å². The molecule has 0 unspecified atom stereocenters. The number of carbonyl (C=O) groups excluding carboxylic acids is 1. The number of aliphatic carboxylic acids is 1. The zero-order valence-corrected chi connectivity index (χ0v) is 20.8. The van der Waals surface area contributed by atoms with Crippen LogP contribution < -0.4 is 5.32 Å². The van der Waals surface area contributed by atoms with E-state index in [1.165, 1.54) is 6.07 Å². The maximum absolute atomic E-state index is 13.1. The molecule has 0 saturated heterocycles. The summed E-state index contributed by atoms with van der Waals surface area (Å²) in [5.41, 5.74) is -1.41. The number of nitrogens with one attached hydrogen (secondary N) is 1. The van der Waals surface area contributed by atoms with Gasteiger partial charge < -0.3 is 15.2 Å². The fourth-order valence-corrected chi connectivity index (χ4v) is 4.61. The lowest BCUT2D eigenvalue weighted by Gasteiger charge is -2.27. The van der Waals surface area contributed by atoms with Crippen LogP contribution in [-0.2, 0) is 21.3 Å². The standard InChI is InChI=1S/C26H29F3N4O4/c1-15-7-9-17(10-8-15)33-13-16-11-21(18(12-20(16)32-33)25(2,3)37-14-23(34)35)31-24(36)19-5-4-6-22(30-19)26(27,28)29/h4-6,11-13,15,17H,7-10,14H2,1-3H3,(H,31,36)(H,34,35)/t15-,17-. The number of halogens is 3. The van der Waals surface area contributed by atoms with Gasteiger partial charge in [-0.3, -0.25) is 9.48 Å². The van der Waals surface area contributed by atoms with Gasteiger partial charge in [0.1, 0.15) is 18.0 Å². The summed E-state index contributed by atoms with van der Waals surface area (Å²) < 4.78 is 46.9. The van der Waals surface area contributed by atoms with Crippen molar-refractivity contribution in [2.75, 3.05) is 11.9 Å². The first-order chi connectivity index (χ1) is 17.3. The molecule has 0 atom stereocenters. The number of hydrogen-bond acceptors (Lipinski definition) is 5. The summed E-state index contributed by atoms with van der Waals surface area (Å²) in [6, 6.07) is 6.74. The number of hydrogen-bond donors (Lipinski definition) is 2. The number of pyridine rings is 1. The maximum atomic E-state index is 13.1. The van der Waals surface area contributed by atoms with E-state index in [1.54, 1.807) is 26.0 Å². The third-order valence-electron chi connectivity index (χ3n) is 6.75. The Morgan fingerprint density at radius 3 is 2.51 bits per heavy atom. The lowest BCUT2D eigenvalue weighted by molar-refractivity contribution is -0.148. The molecule has 1 aliphatic rings. The van der Waals surface area contributed by atoms with Gasteiger partial charge in [0.2, 0.25) is 0 Å². The fraction of sp³-hybridized carbons (Fsp3) is 0.462. The number of anilines is 1. The van der Waals surface area contributed by atoms with Crippen LogP contribution in [0.3, 0.4) is 0 Å². The van der Waals surface area contributed by atoms with Gasteiger partial charge in [-0.2, -0.15) is 18.3 Å². The minimum Gasteiger partial charge on any atom is -0.480 e. The van der Waals surface area contributed by atoms with Gasteiger partial charge in [0.25, 0.3) is 5.91 Å². The molecule has 2 N–H and O–H groups in total. The lowest BCUT2D eigenvalue weighted by Crippen LogP contribution is -2.27. The highest BCUT2D eigenvalue weighted by Gasteiger charge is 2.33. The zero-order chi connectivity index (χ0) is 27.0. The number of carboxylic acid groups (broad SMARTS) is 1. The number of carbonyl (C=O) groups is 2. The number of nitrogens with zero attached hydrogens (tertiary/aromatic N) is 3. The molecular formula is C26H29F3N4O4. The topological polar surface area (TPSA) is 106 Å². The van der Waals surface area contributed by atoms with Crippen molar-refractivity contribution in [1.29, 1.82) is 0 Å². The van der Waals surface area contributed by atoms with Gasteiger partial charge in [-0.05, 0) is 69.7 Å². The Morgan fingerprint density at radius 2 is 1.86 bits per heavy atom. The van der Waals surface area contributed by atoms with E-state index >= 15 is 0 Å². The maximum Gasteiger partial charge on any atom is 0.433 e. The third kappa shape index (κ3) is 6.10. The molecule has 3 aromatic rings. The number of fused-ring (bicyclic) bond motifs is 1. The minimum absolute atomic E-state index is 0.246. The van der Waals surface area contributed by atoms with E-state index in [9.17, 15) is 22.8 Å². The molecule has 0 bridgehead atoms. The quantitative estimate of drug-likeness (QED) is 0.410. The van der Waals surface area contributed by atoms with E-state index in [2.05, 4.69) is 17.2 Å². The Bertz CT molecular complexity index is 1310. The first kappa shape index (κ1) is 26.6. The molecule has 4 rings (SSSR count). The molecule has 1 fully saturated rings. The van der Waals surface area contributed by atoms with Crippen LogP contribution in [0.15, 0.2) is 36.5 Å². The molecule has 8 nitrogen and oxygen atoms in total. The van der Waals surface area contributed by atoms with Crippen molar-refractivity contribution in [3.8, 4) is 0 Å². The molecule has 0 aliphatic heterocycles. The number of amides is 1. The SMILES string of the molecule is CC(C)(OCC(=O)O)c1cc2nn([C@H]3CC[C@H](C)CC3)cc2cc1NC(=O)c1cccc(C(F)(F)F)n1.